The third-order valence-corrected chi connectivity index (χ3v) is 2.67. The Bertz CT molecular complexity index is 396. The molecule has 1 aliphatic heterocycles. The van der Waals surface area contributed by atoms with Crippen molar-refractivity contribution in [2.45, 2.75) is 26.4 Å². The first kappa shape index (κ1) is 10.0. The van der Waals surface area contributed by atoms with Gasteiger partial charge in [-0.1, -0.05) is 13.8 Å². The second-order valence-corrected chi connectivity index (χ2v) is 4.21. The Morgan fingerprint density at radius 1 is 1.47 bits per heavy atom. The highest BCUT2D eigenvalue weighted by molar-refractivity contribution is 6.00. The molecule has 80 valence electrons. The molecule has 0 aliphatic carbocycles. The van der Waals surface area contributed by atoms with Gasteiger partial charge in [0, 0.05) is 6.42 Å². The number of rotatable bonds is 1. The van der Waals surface area contributed by atoms with Crippen molar-refractivity contribution in [3.63, 3.8) is 0 Å². The number of fused-ring (bicyclic) bond motifs is 1. The number of Topliss-reactive ketones (excluding diaryl/α,β-unsaturated/α-hetero) is 1. The first-order valence-electron chi connectivity index (χ1n) is 5.11. The van der Waals surface area contributed by atoms with Crippen molar-refractivity contribution in [2.75, 3.05) is 0 Å². The molecule has 0 saturated heterocycles. The molecule has 1 aliphatic rings. The maximum atomic E-state index is 11.8. The summed E-state index contributed by atoms with van der Waals surface area (Å²) in [7, 11) is 0. The topological polar surface area (TPSA) is 46.5 Å². The predicted molar refractivity (Wildman–Crippen MR) is 56.3 cm³/mol. The standard InChI is InChI=1S/C12H14O3/c1-7(2)12-6-10(14)9-5-8(13)3-4-11(9)15-12/h3-5,7,12-13H,6H2,1-2H3. The van der Waals surface area contributed by atoms with Gasteiger partial charge in [-0.25, -0.2) is 0 Å². The van der Waals surface area contributed by atoms with E-state index in [1.165, 1.54) is 12.1 Å². The second kappa shape index (κ2) is 3.57. The molecule has 1 heterocycles. The number of carbonyl (C=O) groups is 1. The number of ether oxygens (including phenoxy) is 1. The Morgan fingerprint density at radius 2 is 2.20 bits per heavy atom. The summed E-state index contributed by atoms with van der Waals surface area (Å²) in [4.78, 5) is 11.8. The fourth-order valence-corrected chi connectivity index (χ4v) is 1.71. The summed E-state index contributed by atoms with van der Waals surface area (Å²) in [6.07, 6.45) is 0.350. The largest absolute Gasteiger partial charge is 0.508 e. The minimum atomic E-state index is -0.0467. The molecule has 2 rings (SSSR count). The average molecular weight is 206 g/mol. The van der Waals surface area contributed by atoms with E-state index >= 15 is 0 Å². The van der Waals surface area contributed by atoms with Crippen LogP contribution in [0.4, 0.5) is 0 Å². The van der Waals surface area contributed by atoms with Gasteiger partial charge in [0.1, 0.15) is 17.6 Å². The molecule has 0 spiro atoms. The summed E-state index contributed by atoms with van der Waals surface area (Å²) in [5.74, 6) is 1.05. The fourth-order valence-electron chi connectivity index (χ4n) is 1.71. The van der Waals surface area contributed by atoms with Crippen molar-refractivity contribution in [2.24, 2.45) is 5.92 Å². The molecule has 0 bridgehead atoms. The number of hydrogen-bond acceptors (Lipinski definition) is 3. The van der Waals surface area contributed by atoms with Crippen LogP contribution in [0, 0.1) is 5.92 Å². The number of carbonyl (C=O) groups excluding carboxylic acids is 1. The van der Waals surface area contributed by atoms with Gasteiger partial charge in [-0.05, 0) is 24.1 Å². The van der Waals surface area contributed by atoms with Gasteiger partial charge >= 0.3 is 0 Å². The molecule has 1 N–H and O–H groups in total. The zero-order valence-corrected chi connectivity index (χ0v) is 8.86. The van der Waals surface area contributed by atoms with Crippen LogP contribution in [-0.2, 0) is 0 Å². The SMILES string of the molecule is CC(C)C1CC(=O)c2cc(O)ccc2O1. The van der Waals surface area contributed by atoms with Crippen molar-refractivity contribution in [3.05, 3.63) is 23.8 Å². The summed E-state index contributed by atoms with van der Waals surface area (Å²) in [6, 6.07) is 4.65. The van der Waals surface area contributed by atoms with E-state index in [0.29, 0.717) is 23.7 Å². The first-order chi connectivity index (χ1) is 7.08. The van der Waals surface area contributed by atoms with Gasteiger partial charge in [0.05, 0.1) is 5.56 Å². The van der Waals surface area contributed by atoms with E-state index in [1.807, 2.05) is 13.8 Å². The highest BCUT2D eigenvalue weighted by Crippen LogP contribution is 2.32. The monoisotopic (exact) mass is 206 g/mol. The molecule has 3 nitrogen and oxygen atoms in total. The Balaban J connectivity index is 2.37. The molecule has 0 fully saturated rings. The van der Waals surface area contributed by atoms with E-state index in [-0.39, 0.29) is 17.6 Å². The van der Waals surface area contributed by atoms with Crippen molar-refractivity contribution in [1.82, 2.24) is 0 Å². The molecule has 15 heavy (non-hydrogen) atoms. The van der Waals surface area contributed by atoms with E-state index in [2.05, 4.69) is 0 Å². The third kappa shape index (κ3) is 1.82. The molecular formula is C12H14O3. The van der Waals surface area contributed by atoms with Crippen LogP contribution in [0.15, 0.2) is 18.2 Å². The van der Waals surface area contributed by atoms with Crippen molar-refractivity contribution < 1.29 is 14.6 Å². The molecule has 0 radical (unpaired) electrons. The van der Waals surface area contributed by atoms with Crippen LogP contribution in [0.1, 0.15) is 30.6 Å². The molecule has 1 unspecified atom stereocenters. The summed E-state index contributed by atoms with van der Waals surface area (Å²) in [6.45, 7) is 4.06. The number of benzene rings is 1. The van der Waals surface area contributed by atoms with Crippen LogP contribution in [0.3, 0.4) is 0 Å². The minimum Gasteiger partial charge on any atom is -0.508 e. The second-order valence-electron chi connectivity index (χ2n) is 4.21. The molecular weight excluding hydrogens is 192 g/mol. The molecule has 0 saturated carbocycles. The van der Waals surface area contributed by atoms with E-state index in [1.54, 1.807) is 6.07 Å². The van der Waals surface area contributed by atoms with Crippen LogP contribution in [0.5, 0.6) is 11.5 Å². The molecule has 1 aromatic carbocycles. The van der Waals surface area contributed by atoms with Crippen LogP contribution < -0.4 is 4.74 Å². The van der Waals surface area contributed by atoms with Crippen molar-refractivity contribution >= 4 is 5.78 Å². The third-order valence-electron chi connectivity index (χ3n) is 2.67. The molecule has 0 amide bonds. The average Bonchev–Trinajstić information content (AvgIpc) is 2.18. The van der Waals surface area contributed by atoms with E-state index in [0.717, 1.165) is 0 Å². The lowest BCUT2D eigenvalue weighted by atomic mass is 9.94. The summed E-state index contributed by atoms with van der Waals surface area (Å²) in [5, 5.41) is 9.27. The molecule has 3 heteroatoms. The zero-order valence-electron chi connectivity index (χ0n) is 8.86. The fraction of sp³-hybridized carbons (Fsp3) is 0.417. The lowest BCUT2D eigenvalue weighted by Crippen LogP contribution is -2.31. The lowest BCUT2D eigenvalue weighted by Gasteiger charge is -2.27. The Morgan fingerprint density at radius 3 is 2.87 bits per heavy atom. The van der Waals surface area contributed by atoms with E-state index in [4.69, 9.17) is 4.74 Å². The number of hydrogen-bond donors (Lipinski definition) is 1. The van der Waals surface area contributed by atoms with Crippen LogP contribution in [0.25, 0.3) is 0 Å². The first-order valence-corrected chi connectivity index (χ1v) is 5.11. The smallest absolute Gasteiger partial charge is 0.170 e. The zero-order chi connectivity index (χ0) is 11.0. The molecule has 1 aromatic rings. The normalized spacial score (nSPS) is 19.9. The van der Waals surface area contributed by atoms with Crippen molar-refractivity contribution in [1.29, 1.82) is 0 Å². The number of aromatic hydroxyl groups is 1. The quantitative estimate of drug-likeness (QED) is 0.767. The minimum absolute atomic E-state index is 0.0467. The lowest BCUT2D eigenvalue weighted by molar-refractivity contribution is 0.0771. The maximum absolute atomic E-state index is 11.8. The Kier molecular flexibility index (Phi) is 2.39. The van der Waals surface area contributed by atoms with Gasteiger partial charge in [-0.2, -0.15) is 0 Å². The Labute approximate surface area is 88.7 Å². The van der Waals surface area contributed by atoms with Gasteiger partial charge in [-0.3, -0.25) is 4.79 Å². The summed E-state index contributed by atoms with van der Waals surface area (Å²) < 4.78 is 5.69. The summed E-state index contributed by atoms with van der Waals surface area (Å²) >= 11 is 0. The number of phenols is 1. The van der Waals surface area contributed by atoms with Gasteiger partial charge in [0.15, 0.2) is 5.78 Å². The maximum Gasteiger partial charge on any atom is 0.170 e. The van der Waals surface area contributed by atoms with Gasteiger partial charge in [-0.15, -0.1) is 0 Å². The molecule has 0 aromatic heterocycles. The van der Waals surface area contributed by atoms with Gasteiger partial charge in [0.2, 0.25) is 0 Å². The molecule has 1 atom stereocenters. The Hall–Kier alpha value is -1.51. The highest BCUT2D eigenvalue weighted by Gasteiger charge is 2.28. The van der Waals surface area contributed by atoms with Gasteiger partial charge < -0.3 is 9.84 Å². The highest BCUT2D eigenvalue weighted by atomic mass is 16.5. The van der Waals surface area contributed by atoms with Gasteiger partial charge in [0.25, 0.3) is 0 Å². The van der Waals surface area contributed by atoms with Crippen LogP contribution in [-0.4, -0.2) is 17.0 Å². The number of phenolic OH excluding ortho intramolecular Hbond substituents is 1. The van der Waals surface area contributed by atoms with Crippen LogP contribution in [0.2, 0.25) is 0 Å². The van der Waals surface area contributed by atoms with Crippen LogP contribution >= 0.6 is 0 Å². The van der Waals surface area contributed by atoms with Crippen molar-refractivity contribution in [3.8, 4) is 11.5 Å². The van der Waals surface area contributed by atoms with E-state index < -0.39 is 0 Å². The van der Waals surface area contributed by atoms with E-state index in [9.17, 15) is 9.90 Å². The summed E-state index contributed by atoms with van der Waals surface area (Å²) in [5.41, 5.74) is 0.493. The number of ketones is 1. The predicted octanol–water partition coefficient (Wildman–Crippen LogP) is 2.38.